The molecule has 4 rings (SSSR count). The number of carbonyl (C=O) groups excluding carboxylic acids is 1. The summed E-state index contributed by atoms with van der Waals surface area (Å²) in [5.41, 5.74) is 2.76. The quantitative estimate of drug-likeness (QED) is 0.590. The maximum Gasteiger partial charge on any atom is 0.258 e. The molecule has 4 heterocycles. The first-order valence-corrected chi connectivity index (χ1v) is 6.85. The van der Waals surface area contributed by atoms with Crippen LogP contribution in [0.15, 0.2) is 43.1 Å². The Hall–Kier alpha value is -3.49. The number of nitrogens with one attached hydrogen (secondary N) is 2. The molecule has 1 amide bonds. The molecule has 2 N–H and O–H groups in total. The van der Waals surface area contributed by atoms with E-state index < -0.39 is 0 Å². The molecular formula is C14H12N8O. The second-order valence-electron chi connectivity index (χ2n) is 4.98. The summed E-state index contributed by atoms with van der Waals surface area (Å²) in [7, 11) is 1.80. The van der Waals surface area contributed by atoms with Crippen molar-refractivity contribution in [1.29, 1.82) is 0 Å². The lowest BCUT2D eigenvalue weighted by Gasteiger charge is -2.01. The van der Waals surface area contributed by atoms with E-state index in [0.29, 0.717) is 17.1 Å². The number of hydrogen-bond acceptors (Lipinski definition) is 5. The van der Waals surface area contributed by atoms with Gasteiger partial charge in [0, 0.05) is 19.4 Å². The highest BCUT2D eigenvalue weighted by molar-refractivity contribution is 6.04. The van der Waals surface area contributed by atoms with Gasteiger partial charge in [0.2, 0.25) is 0 Å². The summed E-state index contributed by atoms with van der Waals surface area (Å²) in [4.78, 5) is 20.9. The largest absolute Gasteiger partial charge is 0.360 e. The number of anilines is 1. The van der Waals surface area contributed by atoms with E-state index in [4.69, 9.17) is 0 Å². The summed E-state index contributed by atoms with van der Waals surface area (Å²) in [6.07, 6.45) is 8.19. The SMILES string of the molecule is Cn1cc(-n2ncc(NC(=O)c3cnc4cc[nH]c4c3)n2)cn1. The highest BCUT2D eigenvalue weighted by atomic mass is 16.1. The van der Waals surface area contributed by atoms with Crippen LogP contribution in [0.3, 0.4) is 0 Å². The summed E-state index contributed by atoms with van der Waals surface area (Å²) in [6.45, 7) is 0. The molecule has 0 radical (unpaired) electrons. The number of aromatic nitrogens is 7. The molecule has 0 saturated heterocycles. The maximum atomic E-state index is 12.3. The molecule has 0 aromatic carbocycles. The van der Waals surface area contributed by atoms with Crippen molar-refractivity contribution < 1.29 is 4.79 Å². The van der Waals surface area contributed by atoms with Gasteiger partial charge in [-0.25, -0.2) is 0 Å². The number of rotatable bonds is 3. The minimum atomic E-state index is -0.299. The molecule has 0 spiro atoms. The van der Waals surface area contributed by atoms with Crippen molar-refractivity contribution in [3.63, 3.8) is 0 Å². The van der Waals surface area contributed by atoms with Gasteiger partial charge in [0.05, 0.1) is 35.2 Å². The third-order valence-corrected chi connectivity index (χ3v) is 3.32. The zero-order valence-corrected chi connectivity index (χ0v) is 12.1. The highest BCUT2D eigenvalue weighted by Gasteiger charge is 2.11. The third kappa shape index (κ3) is 2.44. The molecule has 0 fully saturated rings. The second-order valence-corrected chi connectivity index (χ2v) is 4.98. The first kappa shape index (κ1) is 13.2. The van der Waals surface area contributed by atoms with Crippen LogP contribution in [0, 0.1) is 0 Å². The first-order chi connectivity index (χ1) is 11.2. The maximum absolute atomic E-state index is 12.3. The van der Waals surface area contributed by atoms with Crippen LogP contribution < -0.4 is 5.32 Å². The number of aromatic amines is 1. The zero-order valence-electron chi connectivity index (χ0n) is 12.1. The van der Waals surface area contributed by atoms with Gasteiger partial charge in [0.15, 0.2) is 5.82 Å². The van der Waals surface area contributed by atoms with Crippen molar-refractivity contribution >= 4 is 22.8 Å². The average Bonchev–Trinajstić information content (AvgIpc) is 3.26. The molecule has 0 unspecified atom stereocenters. The number of nitrogens with zero attached hydrogens (tertiary/aromatic N) is 6. The highest BCUT2D eigenvalue weighted by Crippen LogP contribution is 2.13. The first-order valence-electron chi connectivity index (χ1n) is 6.85. The van der Waals surface area contributed by atoms with Crippen LogP contribution in [-0.4, -0.2) is 40.6 Å². The predicted molar refractivity (Wildman–Crippen MR) is 82.2 cm³/mol. The van der Waals surface area contributed by atoms with E-state index in [1.165, 1.54) is 17.2 Å². The van der Waals surface area contributed by atoms with Gasteiger partial charge in [-0.2, -0.15) is 10.2 Å². The molecule has 0 aliphatic rings. The van der Waals surface area contributed by atoms with Crippen LogP contribution >= 0.6 is 0 Å². The number of aryl methyl sites for hydroxylation is 1. The lowest BCUT2D eigenvalue weighted by molar-refractivity contribution is 0.102. The van der Waals surface area contributed by atoms with E-state index in [0.717, 1.165) is 11.0 Å². The Morgan fingerprint density at radius 1 is 1.26 bits per heavy atom. The van der Waals surface area contributed by atoms with Crippen molar-refractivity contribution in [3.05, 3.63) is 48.7 Å². The summed E-state index contributed by atoms with van der Waals surface area (Å²) < 4.78 is 1.65. The van der Waals surface area contributed by atoms with Gasteiger partial charge in [-0.3, -0.25) is 14.5 Å². The molecule has 0 aliphatic heterocycles. The number of H-pyrrole nitrogens is 1. The summed E-state index contributed by atoms with van der Waals surface area (Å²) >= 11 is 0. The fourth-order valence-electron chi connectivity index (χ4n) is 2.20. The molecular weight excluding hydrogens is 296 g/mol. The minimum absolute atomic E-state index is 0.299. The standard InChI is InChI=1S/C14H12N8O/c1-21-8-10(6-17-21)22-18-7-13(20-22)19-14(23)9-4-12-11(16-5-9)2-3-15-12/h2-8,15H,1H3,(H,19,20,23). The molecule has 4 aromatic rings. The zero-order chi connectivity index (χ0) is 15.8. The minimum Gasteiger partial charge on any atom is -0.360 e. The second kappa shape index (κ2) is 5.05. The Kier molecular flexibility index (Phi) is 2.90. The smallest absolute Gasteiger partial charge is 0.258 e. The van der Waals surface area contributed by atoms with E-state index in [1.807, 2.05) is 6.07 Å². The third-order valence-electron chi connectivity index (χ3n) is 3.32. The Balaban J connectivity index is 1.55. The van der Waals surface area contributed by atoms with Crippen LogP contribution in [0.5, 0.6) is 0 Å². The molecule has 23 heavy (non-hydrogen) atoms. The number of carbonyl (C=O) groups is 1. The van der Waals surface area contributed by atoms with Crippen molar-refractivity contribution in [2.24, 2.45) is 7.05 Å². The van der Waals surface area contributed by atoms with E-state index >= 15 is 0 Å². The van der Waals surface area contributed by atoms with E-state index in [-0.39, 0.29) is 5.91 Å². The van der Waals surface area contributed by atoms with E-state index in [9.17, 15) is 4.79 Å². The van der Waals surface area contributed by atoms with Gasteiger partial charge >= 0.3 is 0 Å². The van der Waals surface area contributed by atoms with Gasteiger partial charge in [-0.15, -0.1) is 9.90 Å². The number of amides is 1. The topological polar surface area (TPSA) is 106 Å². The van der Waals surface area contributed by atoms with Gasteiger partial charge in [-0.1, -0.05) is 0 Å². The number of fused-ring (bicyclic) bond motifs is 1. The van der Waals surface area contributed by atoms with E-state index in [2.05, 4.69) is 30.6 Å². The molecule has 9 nitrogen and oxygen atoms in total. The van der Waals surface area contributed by atoms with Crippen molar-refractivity contribution in [1.82, 2.24) is 34.7 Å². The van der Waals surface area contributed by atoms with Crippen molar-refractivity contribution in [3.8, 4) is 5.69 Å². The van der Waals surface area contributed by atoms with Crippen LogP contribution in [0.2, 0.25) is 0 Å². The van der Waals surface area contributed by atoms with Gasteiger partial charge in [0.25, 0.3) is 5.91 Å². The molecule has 0 saturated carbocycles. The van der Waals surface area contributed by atoms with Gasteiger partial charge in [0.1, 0.15) is 5.69 Å². The Morgan fingerprint density at radius 3 is 3.00 bits per heavy atom. The van der Waals surface area contributed by atoms with E-state index in [1.54, 1.807) is 36.4 Å². The Labute approximate surface area is 129 Å². The van der Waals surface area contributed by atoms with Crippen LogP contribution in [0.1, 0.15) is 10.4 Å². The number of pyridine rings is 1. The van der Waals surface area contributed by atoms with Crippen molar-refractivity contribution in [2.75, 3.05) is 5.32 Å². The molecule has 0 bridgehead atoms. The Morgan fingerprint density at radius 2 is 2.17 bits per heavy atom. The fourth-order valence-corrected chi connectivity index (χ4v) is 2.20. The number of hydrogen-bond donors (Lipinski definition) is 2. The fraction of sp³-hybridized carbons (Fsp3) is 0.0714. The normalized spacial score (nSPS) is 11.0. The summed E-state index contributed by atoms with van der Waals surface area (Å²) in [5.74, 6) is 0.0534. The Bertz CT molecular complexity index is 995. The van der Waals surface area contributed by atoms with Gasteiger partial charge < -0.3 is 10.3 Å². The van der Waals surface area contributed by atoms with Crippen LogP contribution in [0.25, 0.3) is 16.7 Å². The monoisotopic (exact) mass is 308 g/mol. The summed E-state index contributed by atoms with van der Waals surface area (Å²) in [6, 6.07) is 3.58. The molecule has 9 heteroatoms. The predicted octanol–water partition coefficient (Wildman–Crippen LogP) is 1.13. The van der Waals surface area contributed by atoms with Crippen LogP contribution in [-0.2, 0) is 7.05 Å². The lowest BCUT2D eigenvalue weighted by atomic mass is 10.2. The molecule has 114 valence electrons. The molecule has 4 aromatic heterocycles. The van der Waals surface area contributed by atoms with Crippen molar-refractivity contribution in [2.45, 2.75) is 0 Å². The molecule has 0 atom stereocenters. The van der Waals surface area contributed by atoms with Gasteiger partial charge in [-0.05, 0) is 12.1 Å². The average molecular weight is 308 g/mol. The summed E-state index contributed by atoms with van der Waals surface area (Å²) in [5, 5.41) is 15.1. The van der Waals surface area contributed by atoms with Crippen LogP contribution in [0.4, 0.5) is 5.82 Å². The lowest BCUT2D eigenvalue weighted by Crippen LogP contribution is -2.13. The molecule has 0 aliphatic carbocycles.